The lowest BCUT2D eigenvalue weighted by atomic mass is 10.2. The molecule has 0 aliphatic heterocycles. The van der Waals surface area contributed by atoms with Crippen LogP contribution in [0, 0.1) is 0 Å². The fraction of sp³-hybridized carbons (Fsp3) is 0.778. The van der Waals surface area contributed by atoms with Crippen molar-refractivity contribution < 1.29 is 9.59 Å². The van der Waals surface area contributed by atoms with Crippen molar-refractivity contribution >= 4 is 11.8 Å². The summed E-state index contributed by atoms with van der Waals surface area (Å²) in [7, 11) is 5.09. The summed E-state index contributed by atoms with van der Waals surface area (Å²) in [5, 5.41) is 2.54. The highest BCUT2D eigenvalue weighted by Gasteiger charge is 2.03. The van der Waals surface area contributed by atoms with E-state index >= 15 is 0 Å². The second kappa shape index (κ2) is 6.46. The minimum Gasteiger partial charge on any atom is -0.359 e. The lowest BCUT2D eigenvalue weighted by Crippen LogP contribution is -2.21. The zero-order chi connectivity index (χ0) is 10.3. The van der Waals surface area contributed by atoms with Gasteiger partial charge in [0.25, 0.3) is 0 Å². The number of unbranched alkanes of at least 4 members (excludes halogenated alkanes) is 1. The van der Waals surface area contributed by atoms with Gasteiger partial charge < -0.3 is 10.2 Å². The molecular formula is C9H18N2O2. The molecule has 0 saturated heterocycles. The maximum Gasteiger partial charge on any atom is 0.222 e. The number of amides is 2. The van der Waals surface area contributed by atoms with Crippen molar-refractivity contribution in [1.82, 2.24) is 10.2 Å². The van der Waals surface area contributed by atoms with E-state index in [1.54, 1.807) is 26.0 Å². The number of nitrogens with zero attached hydrogens (tertiary/aromatic N) is 1. The van der Waals surface area contributed by atoms with Gasteiger partial charge in [-0.3, -0.25) is 9.59 Å². The predicted molar refractivity (Wildman–Crippen MR) is 51.2 cm³/mol. The van der Waals surface area contributed by atoms with Gasteiger partial charge in [-0.15, -0.1) is 0 Å². The molecule has 0 heterocycles. The molecule has 13 heavy (non-hydrogen) atoms. The monoisotopic (exact) mass is 186 g/mol. The fourth-order valence-electron chi connectivity index (χ4n) is 0.910. The lowest BCUT2D eigenvalue weighted by molar-refractivity contribution is -0.129. The standard InChI is InChI=1S/C9H18N2O2/c1-10-8(12)6-4-5-7-9(13)11(2)3/h4-7H2,1-3H3,(H,10,12). The molecule has 4 nitrogen and oxygen atoms in total. The summed E-state index contributed by atoms with van der Waals surface area (Å²) < 4.78 is 0. The highest BCUT2D eigenvalue weighted by atomic mass is 16.2. The molecule has 0 aliphatic rings. The van der Waals surface area contributed by atoms with E-state index in [2.05, 4.69) is 5.32 Å². The molecule has 1 N–H and O–H groups in total. The topological polar surface area (TPSA) is 49.4 Å². The number of nitrogens with one attached hydrogen (secondary N) is 1. The molecule has 0 rings (SSSR count). The quantitative estimate of drug-likeness (QED) is 0.631. The van der Waals surface area contributed by atoms with Crippen LogP contribution in [0.2, 0.25) is 0 Å². The highest BCUT2D eigenvalue weighted by Crippen LogP contribution is 2.01. The van der Waals surface area contributed by atoms with Crippen LogP contribution >= 0.6 is 0 Å². The van der Waals surface area contributed by atoms with Crippen LogP contribution in [-0.2, 0) is 9.59 Å². The second-order valence-corrected chi connectivity index (χ2v) is 3.17. The Hall–Kier alpha value is -1.06. The summed E-state index contributed by atoms with van der Waals surface area (Å²) in [4.78, 5) is 23.4. The molecule has 0 unspecified atom stereocenters. The number of hydrogen-bond acceptors (Lipinski definition) is 2. The number of carbonyl (C=O) groups excluding carboxylic acids is 2. The van der Waals surface area contributed by atoms with Crippen LogP contribution in [0.4, 0.5) is 0 Å². The van der Waals surface area contributed by atoms with Gasteiger partial charge in [0.1, 0.15) is 0 Å². The third kappa shape index (κ3) is 6.13. The van der Waals surface area contributed by atoms with Crippen molar-refractivity contribution in [3.63, 3.8) is 0 Å². The van der Waals surface area contributed by atoms with Gasteiger partial charge in [0.15, 0.2) is 0 Å². The molecule has 0 aliphatic carbocycles. The van der Waals surface area contributed by atoms with Crippen LogP contribution in [0.1, 0.15) is 25.7 Å². The average Bonchev–Trinajstić information content (AvgIpc) is 2.11. The zero-order valence-electron chi connectivity index (χ0n) is 8.59. The van der Waals surface area contributed by atoms with Gasteiger partial charge in [-0.1, -0.05) is 0 Å². The molecule has 0 bridgehead atoms. The van der Waals surface area contributed by atoms with Crippen molar-refractivity contribution in [2.45, 2.75) is 25.7 Å². The van der Waals surface area contributed by atoms with Crippen molar-refractivity contribution in [2.24, 2.45) is 0 Å². The Bertz CT molecular complexity index is 178. The largest absolute Gasteiger partial charge is 0.359 e. The Balaban J connectivity index is 3.36. The molecule has 0 fully saturated rings. The summed E-state index contributed by atoms with van der Waals surface area (Å²) >= 11 is 0. The zero-order valence-corrected chi connectivity index (χ0v) is 8.59. The molecule has 0 radical (unpaired) electrons. The summed E-state index contributed by atoms with van der Waals surface area (Å²) in [6.45, 7) is 0. The van der Waals surface area contributed by atoms with E-state index in [1.165, 1.54) is 0 Å². The summed E-state index contributed by atoms with van der Waals surface area (Å²) in [6.07, 6.45) is 2.60. The van der Waals surface area contributed by atoms with E-state index in [0.29, 0.717) is 12.8 Å². The maximum atomic E-state index is 11.1. The Morgan fingerprint density at radius 2 is 1.69 bits per heavy atom. The molecule has 0 aromatic rings. The van der Waals surface area contributed by atoms with Gasteiger partial charge in [-0.25, -0.2) is 0 Å². The van der Waals surface area contributed by atoms with Gasteiger partial charge in [0, 0.05) is 34.0 Å². The number of hydrogen-bond donors (Lipinski definition) is 1. The summed E-state index contributed by atoms with van der Waals surface area (Å²) in [5.41, 5.74) is 0. The average molecular weight is 186 g/mol. The Labute approximate surface area is 79.3 Å². The van der Waals surface area contributed by atoms with Gasteiger partial charge in [0.05, 0.1) is 0 Å². The summed E-state index contributed by atoms with van der Waals surface area (Å²) in [5.74, 6) is 0.161. The SMILES string of the molecule is CNC(=O)CCCCC(=O)N(C)C. The van der Waals surface area contributed by atoms with Crippen LogP contribution in [0.15, 0.2) is 0 Å². The van der Waals surface area contributed by atoms with Crippen LogP contribution in [-0.4, -0.2) is 37.9 Å². The van der Waals surface area contributed by atoms with E-state index in [4.69, 9.17) is 0 Å². The number of rotatable bonds is 5. The minimum absolute atomic E-state index is 0.0392. The molecule has 0 aromatic carbocycles. The van der Waals surface area contributed by atoms with E-state index < -0.39 is 0 Å². The molecule has 4 heteroatoms. The first-order valence-corrected chi connectivity index (χ1v) is 4.48. The van der Waals surface area contributed by atoms with E-state index in [1.807, 2.05) is 0 Å². The van der Waals surface area contributed by atoms with Crippen molar-refractivity contribution in [1.29, 1.82) is 0 Å². The van der Waals surface area contributed by atoms with Crippen LogP contribution in [0.25, 0.3) is 0 Å². The van der Waals surface area contributed by atoms with Gasteiger partial charge in [0.2, 0.25) is 11.8 Å². The first-order chi connectivity index (χ1) is 6.07. The van der Waals surface area contributed by atoms with Crippen molar-refractivity contribution in [2.75, 3.05) is 21.1 Å². The Kier molecular flexibility index (Phi) is 5.93. The van der Waals surface area contributed by atoms with Crippen molar-refractivity contribution in [3.05, 3.63) is 0 Å². The molecule has 0 saturated carbocycles. The molecule has 0 atom stereocenters. The first-order valence-electron chi connectivity index (χ1n) is 4.48. The smallest absolute Gasteiger partial charge is 0.222 e. The maximum absolute atomic E-state index is 11.1. The third-order valence-electron chi connectivity index (χ3n) is 1.82. The van der Waals surface area contributed by atoms with Crippen molar-refractivity contribution in [3.8, 4) is 0 Å². The second-order valence-electron chi connectivity index (χ2n) is 3.17. The normalized spacial score (nSPS) is 9.46. The summed E-state index contributed by atoms with van der Waals surface area (Å²) in [6, 6.07) is 0. The van der Waals surface area contributed by atoms with E-state index in [-0.39, 0.29) is 11.8 Å². The Morgan fingerprint density at radius 3 is 2.15 bits per heavy atom. The van der Waals surface area contributed by atoms with Gasteiger partial charge in [-0.2, -0.15) is 0 Å². The highest BCUT2D eigenvalue weighted by molar-refractivity contribution is 5.76. The predicted octanol–water partition coefficient (Wildman–Crippen LogP) is 0.381. The molecule has 0 spiro atoms. The Morgan fingerprint density at radius 1 is 1.15 bits per heavy atom. The van der Waals surface area contributed by atoms with E-state index in [9.17, 15) is 9.59 Å². The van der Waals surface area contributed by atoms with Crippen LogP contribution < -0.4 is 5.32 Å². The van der Waals surface area contributed by atoms with E-state index in [0.717, 1.165) is 12.8 Å². The minimum atomic E-state index is 0.0392. The van der Waals surface area contributed by atoms with Gasteiger partial charge >= 0.3 is 0 Å². The first kappa shape index (κ1) is 11.9. The molecular weight excluding hydrogens is 168 g/mol. The van der Waals surface area contributed by atoms with Gasteiger partial charge in [-0.05, 0) is 12.8 Å². The molecule has 76 valence electrons. The van der Waals surface area contributed by atoms with Crippen LogP contribution in [0.5, 0.6) is 0 Å². The third-order valence-corrected chi connectivity index (χ3v) is 1.82. The number of carbonyl (C=O) groups is 2. The molecule has 2 amide bonds. The van der Waals surface area contributed by atoms with Crippen LogP contribution in [0.3, 0.4) is 0 Å². The fourth-order valence-corrected chi connectivity index (χ4v) is 0.910. The lowest BCUT2D eigenvalue weighted by Gasteiger charge is -2.09. The molecule has 0 aromatic heterocycles.